The van der Waals surface area contributed by atoms with Crippen LogP contribution in [0.1, 0.15) is 6.92 Å². The van der Waals surface area contributed by atoms with Crippen molar-refractivity contribution in [3.63, 3.8) is 0 Å². The van der Waals surface area contributed by atoms with Crippen LogP contribution in [-0.2, 0) is 0 Å². The van der Waals surface area contributed by atoms with Crippen molar-refractivity contribution in [1.82, 2.24) is 0 Å². The molecule has 4 heteroatoms. The van der Waals surface area contributed by atoms with Gasteiger partial charge in [-0.1, -0.05) is 15.9 Å². The predicted octanol–water partition coefficient (Wildman–Crippen LogP) is 2.37. The van der Waals surface area contributed by atoms with E-state index in [-0.39, 0.29) is 5.33 Å². The summed E-state index contributed by atoms with van der Waals surface area (Å²) in [5, 5.41) is -0.309. The molecule has 0 saturated carbocycles. The second kappa shape index (κ2) is 2.71. The first-order chi connectivity index (χ1) is 3.48. The van der Waals surface area contributed by atoms with E-state index in [2.05, 4.69) is 15.9 Å². The molecule has 0 heterocycles. The lowest BCUT2D eigenvalue weighted by Gasteiger charge is -2.11. The van der Waals surface area contributed by atoms with Gasteiger partial charge in [0.1, 0.15) is 0 Å². The van der Waals surface area contributed by atoms with Crippen molar-refractivity contribution in [2.24, 2.45) is 0 Å². The molecule has 0 spiro atoms. The maximum absolute atomic E-state index is 11.8. The third-order valence-electron chi connectivity index (χ3n) is 0.685. The quantitative estimate of drug-likeness (QED) is 0.587. The molecule has 1 atom stereocenters. The minimum atomic E-state index is -3.20. The van der Waals surface area contributed by atoms with E-state index in [0.717, 1.165) is 0 Å². The van der Waals surface area contributed by atoms with Crippen LogP contribution >= 0.6 is 15.9 Å². The molecule has 0 amide bonds. The molecule has 50 valence electrons. The lowest BCUT2D eigenvalue weighted by atomic mass is 10.3. The molecule has 0 aliphatic heterocycles. The van der Waals surface area contributed by atoms with Crippen molar-refractivity contribution in [3.05, 3.63) is 0 Å². The van der Waals surface area contributed by atoms with E-state index >= 15 is 0 Å². The fourth-order valence-electron chi connectivity index (χ4n) is 0.135. The number of hydrogen-bond acceptors (Lipinski definition) is 0. The van der Waals surface area contributed by atoms with Crippen LogP contribution in [-0.4, -0.2) is 17.4 Å². The molecule has 0 bridgehead atoms. The first-order valence-corrected chi connectivity index (χ1v) is 3.18. The summed E-state index contributed by atoms with van der Waals surface area (Å²) in [4.78, 5) is 0. The molecule has 0 saturated heterocycles. The normalized spacial score (nSPS) is 16.1. The van der Waals surface area contributed by atoms with Crippen LogP contribution in [0.2, 0.25) is 0 Å². The molecule has 0 aromatic heterocycles. The Hall–Kier alpha value is 0.270. The smallest absolute Gasteiger partial charge is 0.240 e. The lowest BCUT2D eigenvalue weighted by Crippen LogP contribution is -2.26. The highest BCUT2D eigenvalue weighted by atomic mass is 79.9. The van der Waals surface area contributed by atoms with Crippen molar-refractivity contribution in [2.75, 3.05) is 5.33 Å². The Kier molecular flexibility index (Phi) is 2.80. The first kappa shape index (κ1) is 8.27. The second-order valence-corrected chi connectivity index (χ2v) is 2.23. The molecule has 1 unspecified atom stereocenters. The molecule has 0 radical (unpaired) electrons. The van der Waals surface area contributed by atoms with Crippen molar-refractivity contribution >= 4 is 15.9 Å². The summed E-state index contributed by atoms with van der Waals surface area (Å²) in [6.45, 7) is 0.554. The van der Waals surface area contributed by atoms with Crippen LogP contribution < -0.4 is 0 Å². The monoisotopic (exact) mass is 190 g/mol. The maximum Gasteiger partial charge on any atom is 0.276 e. The topological polar surface area (TPSA) is 0 Å². The lowest BCUT2D eigenvalue weighted by molar-refractivity contribution is -0.0444. The molecule has 0 N–H and O–H groups in total. The largest absolute Gasteiger partial charge is 0.276 e. The fourth-order valence-corrected chi connectivity index (χ4v) is 0.704. The SMILES string of the molecule is CC(F)(F)C(F)CBr. The molecule has 0 rings (SSSR count). The minimum Gasteiger partial charge on any atom is -0.240 e. The van der Waals surface area contributed by atoms with Gasteiger partial charge >= 0.3 is 0 Å². The fraction of sp³-hybridized carbons (Fsp3) is 1.00. The molecule has 0 aliphatic carbocycles. The van der Waals surface area contributed by atoms with E-state index in [1.807, 2.05) is 0 Å². The van der Waals surface area contributed by atoms with Crippen LogP contribution in [0.4, 0.5) is 13.2 Å². The van der Waals surface area contributed by atoms with Gasteiger partial charge in [0.15, 0.2) is 6.17 Å². The number of rotatable bonds is 2. The highest BCUT2D eigenvalue weighted by Gasteiger charge is 2.32. The van der Waals surface area contributed by atoms with Crippen molar-refractivity contribution in [3.8, 4) is 0 Å². The summed E-state index contributed by atoms with van der Waals surface area (Å²) in [6.07, 6.45) is -2.07. The molecule has 0 aromatic carbocycles. The van der Waals surface area contributed by atoms with Gasteiger partial charge in [0.25, 0.3) is 5.92 Å². The Balaban J connectivity index is 3.62. The average molecular weight is 191 g/mol. The minimum absolute atomic E-state index is 0.309. The Morgan fingerprint density at radius 3 is 2.00 bits per heavy atom. The summed E-state index contributed by atoms with van der Waals surface area (Å²) in [5.41, 5.74) is 0. The summed E-state index contributed by atoms with van der Waals surface area (Å²) >= 11 is 2.60. The van der Waals surface area contributed by atoms with E-state index in [1.54, 1.807) is 0 Å². The van der Waals surface area contributed by atoms with E-state index < -0.39 is 12.1 Å². The molecule has 0 fully saturated rings. The summed E-state index contributed by atoms with van der Waals surface area (Å²) < 4.78 is 35.3. The van der Waals surface area contributed by atoms with Crippen molar-refractivity contribution < 1.29 is 13.2 Å². The third kappa shape index (κ3) is 2.55. The maximum atomic E-state index is 11.8. The van der Waals surface area contributed by atoms with Gasteiger partial charge in [-0.25, -0.2) is 13.2 Å². The van der Waals surface area contributed by atoms with Crippen LogP contribution in [0.15, 0.2) is 0 Å². The van der Waals surface area contributed by atoms with E-state index in [9.17, 15) is 13.2 Å². The van der Waals surface area contributed by atoms with Crippen LogP contribution in [0.25, 0.3) is 0 Å². The first-order valence-electron chi connectivity index (χ1n) is 2.06. The number of alkyl halides is 4. The Bertz CT molecular complexity index is 68.2. The molecule has 0 nitrogen and oxygen atoms in total. The zero-order valence-corrected chi connectivity index (χ0v) is 5.88. The van der Waals surface area contributed by atoms with Gasteiger partial charge in [-0.15, -0.1) is 0 Å². The van der Waals surface area contributed by atoms with Gasteiger partial charge in [0, 0.05) is 12.3 Å². The molecular formula is C4H6BrF3. The van der Waals surface area contributed by atoms with Crippen molar-refractivity contribution in [2.45, 2.75) is 19.0 Å². The van der Waals surface area contributed by atoms with Gasteiger partial charge in [-0.2, -0.15) is 0 Å². The summed E-state index contributed by atoms with van der Waals surface area (Å²) in [6, 6.07) is 0. The Morgan fingerprint density at radius 1 is 1.62 bits per heavy atom. The van der Waals surface area contributed by atoms with Gasteiger partial charge in [-0.3, -0.25) is 0 Å². The van der Waals surface area contributed by atoms with Crippen LogP contribution in [0.3, 0.4) is 0 Å². The van der Waals surface area contributed by atoms with Crippen LogP contribution in [0.5, 0.6) is 0 Å². The van der Waals surface area contributed by atoms with Crippen LogP contribution in [0, 0.1) is 0 Å². The molecule has 0 aliphatic rings. The Labute approximate surface area is 54.2 Å². The van der Waals surface area contributed by atoms with Gasteiger partial charge in [0.05, 0.1) is 0 Å². The molecular weight excluding hydrogens is 185 g/mol. The van der Waals surface area contributed by atoms with Gasteiger partial charge < -0.3 is 0 Å². The van der Waals surface area contributed by atoms with E-state index in [0.29, 0.717) is 6.92 Å². The molecule has 8 heavy (non-hydrogen) atoms. The second-order valence-electron chi connectivity index (χ2n) is 1.58. The average Bonchev–Trinajstić information content (AvgIpc) is 1.62. The Morgan fingerprint density at radius 2 is 2.00 bits per heavy atom. The highest BCUT2D eigenvalue weighted by Crippen LogP contribution is 2.21. The van der Waals surface area contributed by atoms with Gasteiger partial charge in [0.2, 0.25) is 0 Å². The van der Waals surface area contributed by atoms with E-state index in [1.165, 1.54) is 0 Å². The zero-order valence-electron chi connectivity index (χ0n) is 4.30. The standard InChI is InChI=1S/C4H6BrF3/c1-4(7,8)3(6)2-5/h3H,2H2,1H3. The van der Waals surface area contributed by atoms with E-state index in [4.69, 9.17) is 0 Å². The zero-order chi connectivity index (χ0) is 6.78. The third-order valence-corrected chi connectivity index (χ3v) is 1.25. The summed E-state index contributed by atoms with van der Waals surface area (Å²) in [7, 11) is 0. The molecule has 0 aromatic rings. The summed E-state index contributed by atoms with van der Waals surface area (Å²) in [5.74, 6) is -3.20. The predicted molar refractivity (Wildman–Crippen MR) is 29.3 cm³/mol. The van der Waals surface area contributed by atoms with Gasteiger partial charge in [-0.05, 0) is 0 Å². The number of halogens is 4. The highest BCUT2D eigenvalue weighted by molar-refractivity contribution is 9.09. The van der Waals surface area contributed by atoms with Crippen molar-refractivity contribution in [1.29, 1.82) is 0 Å². The number of hydrogen-bond donors (Lipinski definition) is 0.